The van der Waals surface area contributed by atoms with E-state index in [1.54, 1.807) is 0 Å². The number of oxime groups is 1. The number of aryl methyl sites for hydroxylation is 3. The van der Waals surface area contributed by atoms with Crippen molar-refractivity contribution < 1.29 is 19.2 Å². The van der Waals surface area contributed by atoms with Crippen LogP contribution in [-0.2, 0) is 16.2 Å². The molecule has 0 bridgehead atoms. The summed E-state index contributed by atoms with van der Waals surface area (Å²) in [5.41, 5.74) is 8.66. The number of carbonyl (C=O) groups is 2. The molecule has 5 atom stereocenters. The summed E-state index contributed by atoms with van der Waals surface area (Å²) in [6.07, 6.45) is 4.54. The van der Waals surface area contributed by atoms with Crippen molar-refractivity contribution in [3.63, 3.8) is 0 Å². The average Bonchev–Trinajstić information content (AvgIpc) is 3.47. The van der Waals surface area contributed by atoms with Crippen LogP contribution in [0.15, 0.2) is 90.1 Å². The molecule has 0 radical (unpaired) electrons. The molecule has 56 heavy (non-hydrogen) atoms. The van der Waals surface area contributed by atoms with Gasteiger partial charge in [0.05, 0.1) is 8.68 Å². The standard InChI is InChI=1S/C46H52IN2O4P3/c1-7-9-14-31(8-2)25-49-39-20-19-32(42(48-53-30(6)50)35-17-12-13-18-40(35)52-26-46(47,56)45(54)55)23-36(39)37-24-38(33-15-10-11-16-34(33)43(37)49)44(51)41-28(4)21-27(3)22-29(41)5/h10-13,15-24,31,45H,7-9,14,25-26,54-56H2,1-6H3/b48-42+. The predicted molar refractivity (Wildman–Crippen MR) is 253 cm³/mol. The Hall–Kier alpha value is -3.21. The van der Waals surface area contributed by atoms with Crippen LogP contribution in [0.1, 0.15) is 90.2 Å². The monoisotopic (exact) mass is 916 g/mol. The van der Waals surface area contributed by atoms with Gasteiger partial charge in [-0.25, -0.2) is 4.79 Å². The number of rotatable bonds is 15. The van der Waals surface area contributed by atoms with E-state index in [0.29, 0.717) is 35.1 Å². The minimum Gasteiger partial charge on any atom is -0.491 e. The molecule has 5 unspecified atom stereocenters. The highest BCUT2D eigenvalue weighted by molar-refractivity contribution is 14.1. The van der Waals surface area contributed by atoms with E-state index in [0.717, 1.165) is 86.2 Å². The minimum atomic E-state index is -0.516. The number of unbranched alkanes of at least 4 members (excludes halogenated alkanes) is 1. The zero-order chi connectivity index (χ0) is 40.3. The van der Waals surface area contributed by atoms with Crippen molar-refractivity contribution in [3.05, 3.63) is 124 Å². The number of aromatic nitrogens is 1. The first-order valence-electron chi connectivity index (χ1n) is 19.3. The molecule has 1 heterocycles. The van der Waals surface area contributed by atoms with Crippen LogP contribution in [0.2, 0.25) is 0 Å². The number of benzene rings is 5. The second kappa shape index (κ2) is 18.2. The fourth-order valence-electron chi connectivity index (χ4n) is 7.78. The molecule has 6 nitrogen and oxygen atoms in total. The SMILES string of the molecule is CCCCC(CC)Cn1c2ccc(/C(=N\OC(C)=O)c3ccccc3OCC(P)(I)C(P)P)cc2c2cc(C(=O)c3c(C)cc(C)cc3C)c3ccccc3c21. The summed E-state index contributed by atoms with van der Waals surface area (Å²) in [7, 11) is 8.52. The van der Waals surface area contributed by atoms with Gasteiger partial charge in [-0.05, 0) is 80.0 Å². The fraction of sp³-hybridized carbons (Fsp3) is 0.326. The van der Waals surface area contributed by atoms with Gasteiger partial charge < -0.3 is 14.1 Å². The molecule has 0 fully saturated rings. The number of alkyl halides is 1. The molecular formula is C46H52IN2O4P3. The number of halogens is 1. The number of hydrogen-bond donors (Lipinski definition) is 0. The second-order valence-electron chi connectivity index (χ2n) is 15.0. The Bertz CT molecular complexity index is 2450. The number of hydrogen-bond acceptors (Lipinski definition) is 5. The van der Waals surface area contributed by atoms with Crippen LogP contribution in [-0.4, -0.2) is 37.2 Å². The molecule has 0 N–H and O–H groups in total. The maximum atomic E-state index is 14.8. The summed E-state index contributed by atoms with van der Waals surface area (Å²) >= 11 is 2.39. The van der Waals surface area contributed by atoms with Gasteiger partial charge in [0, 0.05) is 62.8 Å². The normalized spacial score (nSPS) is 13.7. The zero-order valence-electron chi connectivity index (χ0n) is 33.1. The molecule has 292 valence electrons. The maximum absolute atomic E-state index is 14.8. The van der Waals surface area contributed by atoms with Crippen molar-refractivity contribution in [2.45, 2.75) is 82.3 Å². The molecule has 6 rings (SSSR count). The first kappa shape index (κ1) is 42.4. The van der Waals surface area contributed by atoms with Crippen molar-refractivity contribution in [2.75, 3.05) is 6.61 Å². The Balaban J connectivity index is 1.63. The molecule has 0 aliphatic heterocycles. The van der Waals surface area contributed by atoms with Gasteiger partial charge in [0.2, 0.25) is 0 Å². The lowest BCUT2D eigenvalue weighted by Crippen LogP contribution is -2.28. The third-order valence-corrected chi connectivity index (χ3v) is 15.6. The van der Waals surface area contributed by atoms with Crippen molar-refractivity contribution >= 4 is 100 Å². The summed E-state index contributed by atoms with van der Waals surface area (Å²) in [5, 5.41) is 8.64. The second-order valence-corrected chi connectivity index (χ2v) is 21.4. The van der Waals surface area contributed by atoms with Crippen LogP contribution >= 0.6 is 50.3 Å². The molecule has 1 aromatic heterocycles. The first-order valence-corrected chi connectivity index (χ1v) is 22.3. The van der Waals surface area contributed by atoms with E-state index in [1.165, 1.54) is 13.3 Å². The molecule has 0 saturated carbocycles. The van der Waals surface area contributed by atoms with Crippen molar-refractivity contribution in [2.24, 2.45) is 11.1 Å². The van der Waals surface area contributed by atoms with Crippen LogP contribution in [0.25, 0.3) is 32.6 Å². The molecule has 0 spiro atoms. The highest BCUT2D eigenvalue weighted by Gasteiger charge is 2.28. The van der Waals surface area contributed by atoms with Crippen molar-refractivity contribution in [3.8, 4) is 5.75 Å². The van der Waals surface area contributed by atoms with E-state index in [9.17, 15) is 9.59 Å². The summed E-state index contributed by atoms with van der Waals surface area (Å²) in [6.45, 7) is 13.3. The molecule has 6 aromatic rings. The minimum absolute atomic E-state index is 0.0198. The van der Waals surface area contributed by atoms with Gasteiger partial charge in [0.25, 0.3) is 0 Å². The van der Waals surface area contributed by atoms with Gasteiger partial charge in [-0.15, -0.1) is 27.7 Å². The third kappa shape index (κ3) is 8.92. The van der Waals surface area contributed by atoms with Crippen LogP contribution in [0, 0.1) is 26.7 Å². The Morgan fingerprint density at radius 3 is 2.20 bits per heavy atom. The van der Waals surface area contributed by atoms with Gasteiger partial charge >= 0.3 is 5.97 Å². The van der Waals surface area contributed by atoms with Crippen LogP contribution in [0.3, 0.4) is 0 Å². The van der Waals surface area contributed by atoms with Crippen molar-refractivity contribution in [1.29, 1.82) is 0 Å². The third-order valence-electron chi connectivity index (χ3n) is 10.7. The van der Waals surface area contributed by atoms with E-state index < -0.39 is 5.97 Å². The molecule has 5 aromatic carbocycles. The maximum Gasteiger partial charge on any atom is 0.332 e. The highest BCUT2D eigenvalue weighted by atomic mass is 127. The Morgan fingerprint density at radius 1 is 0.857 bits per heavy atom. The van der Waals surface area contributed by atoms with Crippen molar-refractivity contribution in [1.82, 2.24) is 4.57 Å². The van der Waals surface area contributed by atoms with Gasteiger partial charge in [0.15, 0.2) is 5.78 Å². The molecule has 0 saturated heterocycles. The lowest BCUT2D eigenvalue weighted by molar-refractivity contribution is -0.140. The van der Waals surface area contributed by atoms with E-state index in [4.69, 9.17) is 9.57 Å². The first-order chi connectivity index (χ1) is 26.7. The fourth-order valence-corrected chi connectivity index (χ4v) is 8.21. The lowest BCUT2D eigenvalue weighted by Gasteiger charge is -2.27. The largest absolute Gasteiger partial charge is 0.491 e. The van der Waals surface area contributed by atoms with Gasteiger partial charge in [-0.2, -0.15) is 0 Å². The predicted octanol–water partition coefficient (Wildman–Crippen LogP) is 12.1. The summed E-state index contributed by atoms with van der Waals surface area (Å²) in [6, 6.07) is 28.7. The van der Waals surface area contributed by atoms with E-state index in [2.05, 4.69) is 135 Å². The number of ketones is 1. The quantitative estimate of drug-likeness (QED) is 0.0196. The summed E-state index contributed by atoms with van der Waals surface area (Å²) in [4.78, 5) is 32.4. The van der Waals surface area contributed by atoms with E-state index in [1.807, 2.05) is 44.2 Å². The summed E-state index contributed by atoms with van der Waals surface area (Å²) < 4.78 is 8.68. The van der Waals surface area contributed by atoms with Gasteiger partial charge in [0.1, 0.15) is 18.1 Å². The number of fused-ring (bicyclic) bond motifs is 5. The Morgan fingerprint density at radius 2 is 1.54 bits per heavy atom. The molecular weight excluding hydrogens is 864 g/mol. The highest BCUT2D eigenvalue weighted by Crippen LogP contribution is 2.41. The van der Waals surface area contributed by atoms with E-state index in [-0.39, 0.29) is 14.3 Å². The topological polar surface area (TPSA) is 69.9 Å². The van der Waals surface area contributed by atoms with Crippen LogP contribution < -0.4 is 4.74 Å². The zero-order valence-corrected chi connectivity index (χ0v) is 38.7. The lowest BCUT2D eigenvalue weighted by atomic mass is 9.89. The molecule has 0 amide bonds. The smallest absolute Gasteiger partial charge is 0.332 e. The molecule has 0 aliphatic rings. The number of nitrogens with zero attached hydrogens (tertiary/aromatic N) is 2. The van der Waals surface area contributed by atoms with E-state index >= 15 is 0 Å². The average molecular weight is 917 g/mol. The Kier molecular flexibility index (Phi) is 13.7. The molecule has 10 heteroatoms. The number of carbonyl (C=O) groups excluding carboxylic acids is 2. The van der Waals surface area contributed by atoms with Gasteiger partial charge in [-0.3, -0.25) is 4.79 Å². The Labute approximate surface area is 351 Å². The summed E-state index contributed by atoms with van der Waals surface area (Å²) in [5.74, 6) is 0.620. The molecule has 0 aliphatic carbocycles. The number of ether oxygens (including phenoxy) is 1. The number of para-hydroxylation sites is 1. The van der Waals surface area contributed by atoms with Crippen LogP contribution in [0.5, 0.6) is 5.75 Å². The van der Waals surface area contributed by atoms with Crippen LogP contribution in [0.4, 0.5) is 0 Å². The van der Waals surface area contributed by atoms with Gasteiger partial charge in [-0.1, -0.05) is 121 Å².